The predicted octanol–water partition coefficient (Wildman–Crippen LogP) is 0.0240. The first kappa shape index (κ1) is 12.5. The highest BCUT2D eigenvalue weighted by molar-refractivity contribution is 5.94. The van der Waals surface area contributed by atoms with Gasteiger partial charge in [0.1, 0.15) is 6.17 Å². The van der Waals surface area contributed by atoms with Crippen molar-refractivity contribution in [1.29, 1.82) is 0 Å². The zero-order valence-corrected chi connectivity index (χ0v) is 9.96. The van der Waals surface area contributed by atoms with Gasteiger partial charge in [0.15, 0.2) is 0 Å². The Hall–Kier alpha value is -1.56. The Labute approximate surface area is 94.6 Å². The van der Waals surface area contributed by atoms with E-state index in [9.17, 15) is 9.59 Å². The Morgan fingerprint density at radius 3 is 2.62 bits per heavy atom. The quantitative estimate of drug-likeness (QED) is 0.667. The van der Waals surface area contributed by atoms with E-state index < -0.39 is 12.1 Å². The van der Waals surface area contributed by atoms with Crippen LogP contribution in [0.5, 0.6) is 0 Å². The van der Waals surface area contributed by atoms with Crippen LogP contribution in [0.1, 0.15) is 13.8 Å². The Kier molecular flexibility index (Phi) is 3.89. The smallest absolute Gasteiger partial charge is 0.339 e. The molecule has 1 rings (SSSR count). The SMILES string of the molecule is CCOC(=O)C1=C(C)NC(=O)N[C@@H]1N(C)C. The summed E-state index contributed by atoms with van der Waals surface area (Å²) in [5.41, 5.74) is 0.965. The van der Waals surface area contributed by atoms with Crippen LogP contribution in [0.25, 0.3) is 0 Å². The van der Waals surface area contributed by atoms with E-state index in [4.69, 9.17) is 4.74 Å². The molecular formula is C10H17N3O3. The van der Waals surface area contributed by atoms with E-state index in [0.717, 1.165) is 0 Å². The monoisotopic (exact) mass is 227 g/mol. The van der Waals surface area contributed by atoms with Gasteiger partial charge in [-0.3, -0.25) is 4.90 Å². The van der Waals surface area contributed by atoms with Crippen molar-refractivity contribution >= 4 is 12.0 Å². The Balaban J connectivity index is 3.02. The lowest BCUT2D eigenvalue weighted by molar-refractivity contribution is -0.139. The largest absolute Gasteiger partial charge is 0.462 e. The molecular weight excluding hydrogens is 210 g/mol. The van der Waals surface area contributed by atoms with Gasteiger partial charge in [0.05, 0.1) is 12.2 Å². The predicted molar refractivity (Wildman–Crippen MR) is 58.5 cm³/mol. The van der Waals surface area contributed by atoms with Crippen molar-refractivity contribution in [3.63, 3.8) is 0 Å². The third-order valence-corrected chi connectivity index (χ3v) is 2.26. The molecule has 0 aliphatic carbocycles. The van der Waals surface area contributed by atoms with Gasteiger partial charge >= 0.3 is 12.0 Å². The van der Waals surface area contributed by atoms with Crippen LogP contribution in [-0.2, 0) is 9.53 Å². The molecule has 0 aromatic rings. The summed E-state index contributed by atoms with van der Waals surface area (Å²) in [5.74, 6) is -0.411. The number of likely N-dealkylation sites (N-methyl/N-ethyl adjacent to an activating group) is 1. The second-order valence-electron chi connectivity index (χ2n) is 3.72. The van der Waals surface area contributed by atoms with Crippen LogP contribution in [0.2, 0.25) is 0 Å². The van der Waals surface area contributed by atoms with Crippen LogP contribution in [-0.4, -0.2) is 43.8 Å². The van der Waals surface area contributed by atoms with E-state index in [1.165, 1.54) is 0 Å². The zero-order chi connectivity index (χ0) is 12.3. The van der Waals surface area contributed by atoms with Crippen LogP contribution in [0.3, 0.4) is 0 Å². The number of amides is 2. The van der Waals surface area contributed by atoms with Crippen LogP contribution in [0.4, 0.5) is 4.79 Å². The molecule has 2 amide bonds. The minimum Gasteiger partial charge on any atom is -0.462 e. The highest BCUT2D eigenvalue weighted by Crippen LogP contribution is 2.15. The average molecular weight is 227 g/mol. The fraction of sp³-hybridized carbons (Fsp3) is 0.600. The van der Waals surface area contributed by atoms with E-state index in [2.05, 4.69) is 10.6 Å². The Bertz CT molecular complexity index is 336. The Morgan fingerprint density at radius 1 is 1.50 bits per heavy atom. The highest BCUT2D eigenvalue weighted by Gasteiger charge is 2.32. The summed E-state index contributed by atoms with van der Waals surface area (Å²) in [6.07, 6.45) is -0.451. The first-order valence-corrected chi connectivity index (χ1v) is 5.09. The molecule has 0 bridgehead atoms. The van der Waals surface area contributed by atoms with Crippen LogP contribution in [0, 0.1) is 0 Å². The number of hydrogen-bond donors (Lipinski definition) is 2. The number of carbonyl (C=O) groups excluding carboxylic acids is 2. The maximum absolute atomic E-state index is 11.7. The van der Waals surface area contributed by atoms with Gasteiger partial charge < -0.3 is 15.4 Å². The molecule has 6 heteroatoms. The highest BCUT2D eigenvalue weighted by atomic mass is 16.5. The molecule has 6 nitrogen and oxygen atoms in total. The van der Waals surface area contributed by atoms with Crippen molar-refractivity contribution in [2.75, 3.05) is 20.7 Å². The summed E-state index contributed by atoms with van der Waals surface area (Å²) >= 11 is 0. The lowest BCUT2D eigenvalue weighted by Gasteiger charge is -2.31. The molecule has 90 valence electrons. The molecule has 0 fully saturated rings. The van der Waals surface area contributed by atoms with E-state index >= 15 is 0 Å². The molecule has 0 unspecified atom stereocenters. The zero-order valence-electron chi connectivity index (χ0n) is 9.96. The van der Waals surface area contributed by atoms with E-state index in [-0.39, 0.29) is 6.03 Å². The standard InChI is InChI=1S/C10H17N3O3/c1-5-16-9(14)7-6(2)11-10(15)12-8(7)13(3)4/h8H,5H2,1-4H3,(H2,11,12,15)/t8-/m1/s1. The van der Waals surface area contributed by atoms with Gasteiger partial charge in [-0.25, -0.2) is 9.59 Å². The maximum atomic E-state index is 11.7. The molecule has 0 spiro atoms. The number of allylic oxidation sites excluding steroid dienone is 1. The first-order chi connectivity index (χ1) is 7.47. The molecule has 1 heterocycles. The molecule has 1 aliphatic rings. The molecule has 16 heavy (non-hydrogen) atoms. The van der Waals surface area contributed by atoms with E-state index in [1.807, 2.05) is 0 Å². The van der Waals surface area contributed by atoms with Crippen molar-refractivity contribution in [2.24, 2.45) is 0 Å². The minimum atomic E-state index is -0.451. The number of carbonyl (C=O) groups is 2. The van der Waals surface area contributed by atoms with Crippen LogP contribution in [0.15, 0.2) is 11.3 Å². The molecule has 0 aromatic heterocycles. The van der Waals surface area contributed by atoms with E-state index in [0.29, 0.717) is 17.9 Å². The number of urea groups is 1. The van der Waals surface area contributed by atoms with Gasteiger partial charge in [0, 0.05) is 5.70 Å². The number of hydrogen-bond acceptors (Lipinski definition) is 4. The molecule has 0 saturated heterocycles. The minimum absolute atomic E-state index is 0.309. The van der Waals surface area contributed by atoms with Crippen molar-refractivity contribution in [2.45, 2.75) is 20.0 Å². The van der Waals surface area contributed by atoms with Gasteiger partial charge in [-0.1, -0.05) is 0 Å². The maximum Gasteiger partial charge on any atom is 0.339 e. The Morgan fingerprint density at radius 2 is 2.12 bits per heavy atom. The van der Waals surface area contributed by atoms with Gasteiger partial charge in [-0.2, -0.15) is 0 Å². The fourth-order valence-electron chi connectivity index (χ4n) is 1.54. The molecule has 2 N–H and O–H groups in total. The molecule has 0 saturated carbocycles. The number of esters is 1. The van der Waals surface area contributed by atoms with Gasteiger partial charge in [-0.15, -0.1) is 0 Å². The lowest BCUT2D eigenvalue weighted by Crippen LogP contribution is -2.55. The summed E-state index contributed by atoms with van der Waals surface area (Å²) < 4.78 is 4.95. The number of rotatable bonds is 3. The average Bonchev–Trinajstić information content (AvgIpc) is 2.16. The third kappa shape index (κ3) is 2.52. The molecule has 1 aliphatic heterocycles. The molecule has 1 atom stereocenters. The lowest BCUT2D eigenvalue weighted by atomic mass is 10.1. The first-order valence-electron chi connectivity index (χ1n) is 5.09. The third-order valence-electron chi connectivity index (χ3n) is 2.26. The molecule has 0 aromatic carbocycles. The van der Waals surface area contributed by atoms with E-state index in [1.54, 1.807) is 32.8 Å². The van der Waals surface area contributed by atoms with Crippen LogP contribution >= 0.6 is 0 Å². The summed E-state index contributed by atoms with van der Waals surface area (Å²) in [4.78, 5) is 24.8. The number of nitrogens with zero attached hydrogens (tertiary/aromatic N) is 1. The summed E-state index contributed by atoms with van der Waals surface area (Å²) in [7, 11) is 3.56. The number of nitrogens with one attached hydrogen (secondary N) is 2. The normalized spacial score (nSPS) is 20.6. The van der Waals surface area contributed by atoms with Crippen molar-refractivity contribution in [3.05, 3.63) is 11.3 Å². The topological polar surface area (TPSA) is 70.7 Å². The van der Waals surface area contributed by atoms with Crippen LogP contribution < -0.4 is 10.6 Å². The second kappa shape index (κ2) is 4.98. The second-order valence-corrected chi connectivity index (χ2v) is 3.72. The fourth-order valence-corrected chi connectivity index (χ4v) is 1.54. The van der Waals surface area contributed by atoms with Gasteiger partial charge in [-0.05, 0) is 27.9 Å². The number of ether oxygens (including phenoxy) is 1. The van der Waals surface area contributed by atoms with Crippen molar-refractivity contribution < 1.29 is 14.3 Å². The molecule has 0 radical (unpaired) electrons. The summed E-state index contributed by atoms with van der Waals surface area (Å²) in [6.45, 7) is 3.73. The van der Waals surface area contributed by atoms with Crippen molar-refractivity contribution in [1.82, 2.24) is 15.5 Å². The summed E-state index contributed by atoms with van der Waals surface area (Å²) in [5, 5.41) is 5.21. The summed E-state index contributed by atoms with van der Waals surface area (Å²) in [6, 6.07) is -0.316. The van der Waals surface area contributed by atoms with Gasteiger partial charge in [0.2, 0.25) is 0 Å². The van der Waals surface area contributed by atoms with Gasteiger partial charge in [0.25, 0.3) is 0 Å². The van der Waals surface area contributed by atoms with Crippen molar-refractivity contribution in [3.8, 4) is 0 Å².